The summed E-state index contributed by atoms with van der Waals surface area (Å²) in [6.07, 6.45) is 7.56. The molecule has 1 amide bonds. The number of carboxylic acid groups (broad SMARTS) is 1. The lowest BCUT2D eigenvalue weighted by atomic mass is 9.72. The maximum Gasteiger partial charge on any atom is 0.326 e. The van der Waals surface area contributed by atoms with E-state index in [4.69, 9.17) is 0 Å². The predicted molar refractivity (Wildman–Crippen MR) is 77.3 cm³/mol. The van der Waals surface area contributed by atoms with Crippen molar-refractivity contribution < 1.29 is 14.7 Å². The summed E-state index contributed by atoms with van der Waals surface area (Å²) in [5.74, 6) is -0.337. The minimum absolute atomic E-state index is 0.0572. The van der Waals surface area contributed by atoms with Gasteiger partial charge in [-0.25, -0.2) is 4.79 Å². The second-order valence-corrected chi connectivity index (χ2v) is 7.25. The van der Waals surface area contributed by atoms with Crippen LogP contribution in [0, 0.1) is 11.3 Å². The van der Waals surface area contributed by atoms with E-state index in [0.29, 0.717) is 30.7 Å². The average Bonchev–Trinajstić information content (AvgIpc) is 2.41. The van der Waals surface area contributed by atoms with Crippen LogP contribution in [-0.2, 0) is 9.59 Å². The molecule has 0 radical (unpaired) electrons. The molecule has 2 fully saturated rings. The Morgan fingerprint density at radius 3 is 2.40 bits per heavy atom. The summed E-state index contributed by atoms with van der Waals surface area (Å²) in [7, 11) is 0. The molecule has 0 aromatic heterocycles. The molecule has 114 valence electrons. The fourth-order valence-electron chi connectivity index (χ4n) is 3.51. The van der Waals surface area contributed by atoms with Gasteiger partial charge in [-0.2, -0.15) is 0 Å². The van der Waals surface area contributed by atoms with Crippen molar-refractivity contribution in [3.05, 3.63) is 0 Å². The molecule has 1 atom stereocenters. The van der Waals surface area contributed by atoms with Crippen LogP contribution < -0.4 is 0 Å². The number of hydrogen-bond acceptors (Lipinski definition) is 2. The number of hydrogen-bond donors (Lipinski definition) is 1. The van der Waals surface area contributed by atoms with E-state index in [9.17, 15) is 14.7 Å². The molecule has 4 heteroatoms. The third-order valence-electron chi connectivity index (χ3n) is 5.03. The number of carbonyl (C=O) groups excluding carboxylic acids is 1. The molecule has 0 aromatic carbocycles. The summed E-state index contributed by atoms with van der Waals surface area (Å²) in [5, 5.41) is 9.24. The number of piperidine rings is 1. The highest BCUT2D eigenvalue weighted by atomic mass is 16.4. The van der Waals surface area contributed by atoms with E-state index >= 15 is 0 Å². The zero-order valence-corrected chi connectivity index (χ0v) is 12.7. The lowest BCUT2D eigenvalue weighted by Crippen LogP contribution is -2.48. The van der Waals surface area contributed by atoms with Gasteiger partial charge in [-0.1, -0.05) is 13.8 Å². The summed E-state index contributed by atoms with van der Waals surface area (Å²) in [6, 6.07) is -0.587. The van der Waals surface area contributed by atoms with Crippen LogP contribution in [0.1, 0.15) is 65.2 Å². The number of likely N-dealkylation sites (tertiary alicyclic amines) is 1. The lowest BCUT2D eigenvalue weighted by Gasteiger charge is -2.37. The van der Waals surface area contributed by atoms with Crippen LogP contribution in [0.25, 0.3) is 0 Å². The fourth-order valence-corrected chi connectivity index (χ4v) is 3.51. The molecule has 1 aliphatic heterocycles. The van der Waals surface area contributed by atoms with Crippen molar-refractivity contribution in [1.82, 2.24) is 4.90 Å². The Labute approximate surface area is 121 Å². The van der Waals surface area contributed by atoms with E-state index < -0.39 is 12.0 Å². The summed E-state index contributed by atoms with van der Waals surface area (Å²) >= 11 is 0. The van der Waals surface area contributed by atoms with Crippen molar-refractivity contribution in [2.45, 2.75) is 71.3 Å². The van der Waals surface area contributed by atoms with Crippen LogP contribution in [0.4, 0.5) is 0 Å². The molecule has 1 N–H and O–H groups in total. The molecule has 1 saturated heterocycles. The number of carboxylic acids is 1. The van der Waals surface area contributed by atoms with Crippen molar-refractivity contribution in [3.8, 4) is 0 Å². The summed E-state index contributed by atoms with van der Waals surface area (Å²) in [5.41, 5.74) is 0.411. The maximum atomic E-state index is 12.4. The highest BCUT2D eigenvalue weighted by Gasteiger charge is 2.34. The van der Waals surface area contributed by atoms with E-state index in [2.05, 4.69) is 13.8 Å². The number of rotatable bonds is 3. The molecule has 1 saturated carbocycles. The Morgan fingerprint density at radius 1 is 1.15 bits per heavy atom. The average molecular weight is 281 g/mol. The first-order chi connectivity index (χ1) is 9.39. The SMILES string of the molecule is CC1(C)CCC(CC(=O)N2CCCC[C@@H]2C(=O)O)CC1. The van der Waals surface area contributed by atoms with E-state index in [1.807, 2.05) is 0 Å². The van der Waals surface area contributed by atoms with Gasteiger partial charge < -0.3 is 10.0 Å². The molecule has 1 aliphatic carbocycles. The maximum absolute atomic E-state index is 12.4. The van der Waals surface area contributed by atoms with Gasteiger partial charge in [-0.05, 0) is 56.3 Å². The second-order valence-electron chi connectivity index (χ2n) is 7.25. The lowest BCUT2D eigenvalue weighted by molar-refractivity contribution is -0.152. The van der Waals surface area contributed by atoms with E-state index in [1.165, 1.54) is 12.8 Å². The van der Waals surface area contributed by atoms with Gasteiger partial charge in [0.05, 0.1) is 0 Å². The van der Waals surface area contributed by atoms with Gasteiger partial charge in [0.25, 0.3) is 0 Å². The molecule has 0 aromatic rings. The minimum atomic E-state index is -0.845. The van der Waals surface area contributed by atoms with Crippen molar-refractivity contribution in [2.24, 2.45) is 11.3 Å². The monoisotopic (exact) mass is 281 g/mol. The molecule has 0 bridgehead atoms. The van der Waals surface area contributed by atoms with Gasteiger partial charge >= 0.3 is 5.97 Å². The molecule has 0 unspecified atom stereocenters. The number of carbonyl (C=O) groups is 2. The second kappa shape index (κ2) is 6.15. The molecule has 2 rings (SSSR count). The van der Waals surface area contributed by atoms with E-state index in [-0.39, 0.29) is 5.91 Å². The minimum Gasteiger partial charge on any atom is -0.480 e. The van der Waals surface area contributed by atoms with Gasteiger partial charge in [0, 0.05) is 13.0 Å². The first-order valence-electron chi connectivity index (χ1n) is 7.91. The first-order valence-corrected chi connectivity index (χ1v) is 7.91. The highest BCUT2D eigenvalue weighted by Crippen LogP contribution is 2.39. The van der Waals surface area contributed by atoms with Crippen LogP contribution >= 0.6 is 0 Å². The first kappa shape index (κ1) is 15.3. The van der Waals surface area contributed by atoms with Gasteiger partial charge in [0.1, 0.15) is 6.04 Å². The van der Waals surface area contributed by atoms with Crippen LogP contribution in [-0.4, -0.2) is 34.5 Å². The van der Waals surface area contributed by atoms with Crippen LogP contribution in [0.2, 0.25) is 0 Å². The molecule has 1 heterocycles. The molecule has 4 nitrogen and oxygen atoms in total. The van der Waals surface area contributed by atoms with Crippen LogP contribution in [0.15, 0.2) is 0 Å². The summed E-state index contributed by atoms with van der Waals surface area (Å²) in [6.45, 7) is 5.19. The van der Waals surface area contributed by atoms with Crippen molar-refractivity contribution in [3.63, 3.8) is 0 Å². The van der Waals surface area contributed by atoms with Crippen molar-refractivity contribution in [2.75, 3.05) is 6.54 Å². The smallest absolute Gasteiger partial charge is 0.326 e. The van der Waals surface area contributed by atoms with Gasteiger partial charge in [0.15, 0.2) is 0 Å². The fraction of sp³-hybridized carbons (Fsp3) is 0.875. The number of aliphatic carboxylic acids is 1. The topological polar surface area (TPSA) is 57.6 Å². The standard InChI is InChI=1S/C16H27NO3/c1-16(2)8-6-12(7-9-16)11-14(18)17-10-4-3-5-13(17)15(19)20/h12-13H,3-11H2,1-2H3,(H,19,20)/t13-/m1/s1. The molecule has 0 spiro atoms. The third kappa shape index (κ3) is 3.74. The number of nitrogens with zero attached hydrogens (tertiary/aromatic N) is 1. The van der Waals surface area contributed by atoms with Crippen LogP contribution in [0.3, 0.4) is 0 Å². The Bertz CT molecular complexity index is 368. The summed E-state index contributed by atoms with van der Waals surface area (Å²) < 4.78 is 0. The highest BCUT2D eigenvalue weighted by molar-refractivity contribution is 5.84. The Kier molecular flexibility index (Phi) is 4.71. The zero-order chi connectivity index (χ0) is 14.8. The van der Waals surface area contributed by atoms with Gasteiger partial charge in [-0.3, -0.25) is 4.79 Å². The van der Waals surface area contributed by atoms with Crippen LogP contribution in [0.5, 0.6) is 0 Å². The van der Waals surface area contributed by atoms with E-state index in [0.717, 1.165) is 25.7 Å². The van der Waals surface area contributed by atoms with Gasteiger partial charge in [0.2, 0.25) is 5.91 Å². The Hall–Kier alpha value is -1.06. The number of amides is 1. The molecule has 20 heavy (non-hydrogen) atoms. The van der Waals surface area contributed by atoms with E-state index in [1.54, 1.807) is 4.90 Å². The predicted octanol–water partition coefficient (Wildman–Crippen LogP) is 3.06. The van der Waals surface area contributed by atoms with Crippen molar-refractivity contribution >= 4 is 11.9 Å². The normalized spacial score (nSPS) is 27.3. The Balaban J connectivity index is 1.89. The summed E-state index contributed by atoms with van der Waals surface area (Å²) in [4.78, 5) is 25.3. The molecular weight excluding hydrogens is 254 g/mol. The molecular formula is C16H27NO3. The molecule has 2 aliphatic rings. The largest absolute Gasteiger partial charge is 0.480 e. The Morgan fingerprint density at radius 2 is 1.80 bits per heavy atom. The van der Waals surface area contributed by atoms with Gasteiger partial charge in [-0.15, -0.1) is 0 Å². The zero-order valence-electron chi connectivity index (χ0n) is 12.7. The van der Waals surface area contributed by atoms with Crippen molar-refractivity contribution in [1.29, 1.82) is 0 Å². The quantitative estimate of drug-likeness (QED) is 0.865. The third-order valence-corrected chi connectivity index (χ3v) is 5.03.